The van der Waals surface area contributed by atoms with Crippen LogP contribution >= 0.6 is 23.2 Å². The van der Waals surface area contributed by atoms with Crippen molar-refractivity contribution in [3.8, 4) is 0 Å². The zero-order chi connectivity index (χ0) is 28.1. The van der Waals surface area contributed by atoms with Crippen molar-refractivity contribution in [1.29, 1.82) is 0 Å². The number of amides is 1. The number of carboxylic acids is 1. The van der Waals surface area contributed by atoms with E-state index in [2.05, 4.69) is 5.32 Å². The lowest BCUT2D eigenvalue weighted by molar-refractivity contribution is -0.146. The molecule has 3 aromatic carbocycles. The molecule has 1 aliphatic rings. The first-order valence-corrected chi connectivity index (χ1v) is 13.1. The lowest BCUT2D eigenvalue weighted by atomic mass is 9.87. The molecular formula is C30H25Cl2NO6. The van der Waals surface area contributed by atoms with Gasteiger partial charge in [-0.15, -0.1) is 0 Å². The molecule has 0 aromatic heterocycles. The van der Waals surface area contributed by atoms with Gasteiger partial charge in [-0.25, -0.2) is 4.79 Å². The second-order valence-electron chi connectivity index (χ2n) is 9.24. The fourth-order valence-corrected chi connectivity index (χ4v) is 4.92. The molecule has 7 nitrogen and oxygen atoms in total. The first-order chi connectivity index (χ1) is 18.6. The number of hydrogen-bond donors (Lipinski definition) is 3. The van der Waals surface area contributed by atoms with E-state index in [1.54, 1.807) is 0 Å². The summed E-state index contributed by atoms with van der Waals surface area (Å²) < 4.78 is 0. The Morgan fingerprint density at radius 3 is 2.03 bits per heavy atom. The smallest absolute Gasteiger partial charge is 0.334 e. The number of aliphatic carboxylic acids is 1. The van der Waals surface area contributed by atoms with E-state index < -0.39 is 36.1 Å². The second-order valence-corrected chi connectivity index (χ2v) is 10.1. The molecule has 0 bridgehead atoms. The summed E-state index contributed by atoms with van der Waals surface area (Å²) in [5, 5.41) is 21.0. The van der Waals surface area contributed by atoms with Crippen LogP contribution in [-0.2, 0) is 17.6 Å². The maximum atomic E-state index is 13.7. The predicted molar refractivity (Wildman–Crippen MR) is 149 cm³/mol. The van der Waals surface area contributed by atoms with Gasteiger partial charge in [-0.2, -0.15) is 0 Å². The van der Waals surface area contributed by atoms with Gasteiger partial charge in [0.25, 0.3) is 5.91 Å². The molecule has 39 heavy (non-hydrogen) atoms. The monoisotopic (exact) mass is 565 g/mol. The number of halogens is 2. The minimum atomic E-state index is -1.73. The summed E-state index contributed by atoms with van der Waals surface area (Å²) in [6.45, 7) is -0.463. The normalized spacial score (nSPS) is 13.8. The molecule has 0 unspecified atom stereocenters. The molecule has 1 atom stereocenters. The third-order valence-corrected chi connectivity index (χ3v) is 6.91. The zero-order valence-electron chi connectivity index (χ0n) is 20.7. The molecule has 1 amide bonds. The highest BCUT2D eigenvalue weighted by Crippen LogP contribution is 2.28. The molecule has 3 N–H and O–H groups in total. The number of allylic oxidation sites excluding steroid dienone is 2. The van der Waals surface area contributed by atoms with Crippen LogP contribution in [0, 0.1) is 0 Å². The minimum Gasteiger partial charge on any atom is -0.479 e. The molecule has 0 saturated heterocycles. The number of aliphatic hydroxyl groups excluding tert-OH is 1. The highest BCUT2D eigenvalue weighted by molar-refractivity contribution is 6.36. The van der Waals surface area contributed by atoms with Crippen molar-refractivity contribution in [2.75, 3.05) is 6.54 Å². The van der Waals surface area contributed by atoms with Crippen LogP contribution in [-0.4, -0.2) is 46.3 Å². The molecule has 1 aliphatic carbocycles. The Morgan fingerprint density at radius 1 is 0.795 bits per heavy atom. The fourth-order valence-electron chi connectivity index (χ4n) is 4.40. The first kappa shape index (κ1) is 28.2. The molecule has 0 fully saturated rings. The molecule has 9 heteroatoms. The molecule has 0 radical (unpaired) electrons. The van der Waals surface area contributed by atoms with Gasteiger partial charge in [-0.3, -0.25) is 14.4 Å². The number of rotatable bonds is 9. The van der Waals surface area contributed by atoms with E-state index in [0.717, 1.165) is 31.2 Å². The maximum Gasteiger partial charge on any atom is 0.334 e. The number of carboxylic acid groups (broad SMARTS) is 1. The van der Waals surface area contributed by atoms with Crippen LogP contribution in [0.3, 0.4) is 0 Å². The van der Waals surface area contributed by atoms with E-state index in [0.29, 0.717) is 15.6 Å². The number of fused-ring (bicyclic) bond motifs is 1. The van der Waals surface area contributed by atoms with Gasteiger partial charge >= 0.3 is 5.97 Å². The number of Topliss-reactive ketones (excluding diaryl/α,β-unsaturated/α-hetero) is 1. The average Bonchev–Trinajstić information content (AvgIpc) is 2.93. The molecule has 0 spiro atoms. The molecule has 200 valence electrons. The van der Waals surface area contributed by atoms with Crippen LogP contribution in [0.25, 0.3) is 5.57 Å². The molecule has 0 aliphatic heterocycles. The van der Waals surface area contributed by atoms with Crippen LogP contribution in [0.2, 0.25) is 10.0 Å². The van der Waals surface area contributed by atoms with Crippen molar-refractivity contribution < 1.29 is 29.4 Å². The van der Waals surface area contributed by atoms with Crippen molar-refractivity contribution in [3.05, 3.63) is 110 Å². The number of ketones is 2. The lowest BCUT2D eigenvalue weighted by Gasteiger charge is -2.17. The standard InChI is InChI=1S/C30H25Cl2NO6/c31-23-12-22(13-24(32)14-23)26(34)15-25(21-10-5-17-3-1-2-4-20(17)11-21)28(36)18-6-8-19(9-7-18)29(37)33-16-27(35)30(38)39/h5-15,27,35H,1-4,16H2,(H,33,37)(H,38,39)/t27-/m1/s1. The number of carbonyl (C=O) groups excluding carboxylic acids is 3. The summed E-state index contributed by atoms with van der Waals surface area (Å²) in [5.74, 6) is -2.91. The van der Waals surface area contributed by atoms with E-state index in [9.17, 15) is 24.3 Å². The fraction of sp³-hybridized carbons (Fsp3) is 0.200. The number of nitrogens with one attached hydrogen (secondary N) is 1. The lowest BCUT2D eigenvalue weighted by Crippen LogP contribution is -2.36. The Hall–Kier alpha value is -3.78. The SMILES string of the molecule is O=C(C=C(C(=O)c1ccc(C(=O)NC[C@@H](O)C(=O)O)cc1)c1ccc2c(c1)CCCC2)c1cc(Cl)cc(Cl)c1. The van der Waals surface area contributed by atoms with Crippen LogP contribution in [0.4, 0.5) is 0 Å². The number of aryl methyl sites for hydroxylation is 2. The third-order valence-electron chi connectivity index (χ3n) is 6.48. The topological polar surface area (TPSA) is 121 Å². The summed E-state index contributed by atoms with van der Waals surface area (Å²) in [4.78, 5) is 50.0. The molecule has 3 aromatic rings. The van der Waals surface area contributed by atoms with Gasteiger partial charge in [0, 0.05) is 32.3 Å². The molecule has 0 saturated carbocycles. The van der Waals surface area contributed by atoms with Crippen molar-refractivity contribution >= 4 is 52.2 Å². The van der Waals surface area contributed by atoms with E-state index in [-0.39, 0.29) is 22.3 Å². The predicted octanol–water partition coefficient (Wildman–Crippen LogP) is 5.20. The number of aliphatic hydroxyl groups is 1. The second kappa shape index (κ2) is 12.4. The van der Waals surface area contributed by atoms with E-state index in [4.69, 9.17) is 28.3 Å². The van der Waals surface area contributed by atoms with Crippen molar-refractivity contribution in [2.45, 2.75) is 31.8 Å². The van der Waals surface area contributed by atoms with Crippen molar-refractivity contribution in [3.63, 3.8) is 0 Å². The van der Waals surface area contributed by atoms with Crippen LogP contribution in [0.1, 0.15) is 60.6 Å². The summed E-state index contributed by atoms with van der Waals surface area (Å²) in [6, 6.07) is 16.0. The zero-order valence-corrected chi connectivity index (χ0v) is 22.3. The van der Waals surface area contributed by atoms with E-state index >= 15 is 0 Å². The van der Waals surface area contributed by atoms with Gasteiger partial charge in [-0.1, -0.05) is 53.5 Å². The first-order valence-electron chi connectivity index (χ1n) is 12.3. The number of benzene rings is 3. The van der Waals surface area contributed by atoms with Gasteiger partial charge < -0.3 is 15.5 Å². The summed E-state index contributed by atoms with van der Waals surface area (Å²) >= 11 is 12.2. The Balaban J connectivity index is 1.66. The van der Waals surface area contributed by atoms with Gasteiger partial charge in [0.1, 0.15) is 0 Å². The van der Waals surface area contributed by atoms with Crippen LogP contribution < -0.4 is 5.32 Å². The van der Waals surface area contributed by atoms with E-state index in [1.807, 2.05) is 18.2 Å². The van der Waals surface area contributed by atoms with Crippen molar-refractivity contribution in [2.24, 2.45) is 0 Å². The highest BCUT2D eigenvalue weighted by atomic mass is 35.5. The largest absolute Gasteiger partial charge is 0.479 e. The Kier molecular flexibility index (Phi) is 8.97. The summed E-state index contributed by atoms with van der Waals surface area (Å²) in [6.07, 6.45) is 3.57. The number of carbonyl (C=O) groups is 4. The molecular weight excluding hydrogens is 541 g/mol. The average molecular weight is 566 g/mol. The highest BCUT2D eigenvalue weighted by Gasteiger charge is 2.21. The van der Waals surface area contributed by atoms with Gasteiger partial charge in [0.05, 0.1) is 6.54 Å². The summed E-state index contributed by atoms with van der Waals surface area (Å²) in [7, 11) is 0. The quantitative estimate of drug-likeness (QED) is 0.242. The van der Waals surface area contributed by atoms with E-state index in [1.165, 1.54) is 54.1 Å². The molecule has 4 rings (SSSR count). The van der Waals surface area contributed by atoms with Crippen LogP contribution in [0.15, 0.2) is 66.7 Å². The Labute approximate surface area is 235 Å². The molecule has 0 heterocycles. The summed E-state index contributed by atoms with van der Waals surface area (Å²) in [5.41, 5.74) is 3.83. The van der Waals surface area contributed by atoms with Gasteiger partial charge in [0.15, 0.2) is 17.7 Å². The third kappa shape index (κ3) is 7.00. The Morgan fingerprint density at radius 2 is 1.38 bits per heavy atom. The van der Waals surface area contributed by atoms with Gasteiger partial charge in [-0.05, 0) is 78.8 Å². The number of hydrogen-bond acceptors (Lipinski definition) is 5. The van der Waals surface area contributed by atoms with Gasteiger partial charge in [0.2, 0.25) is 0 Å². The minimum absolute atomic E-state index is 0.174. The maximum absolute atomic E-state index is 13.7. The van der Waals surface area contributed by atoms with Crippen LogP contribution in [0.5, 0.6) is 0 Å². The Bertz CT molecular complexity index is 1460. The van der Waals surface area contributed by atoms with Crippen molar-refractivity contribution in [1.82, 2.24) is 5.32 Å².